The number of rotatable bonds is 6. The molecule has 4 rings (SSSR count). The van der Waals surface area contributed by atoms with Gasteiger partial charge in [-0.3, -0.25) is 4.79 Å². The zero-order valence-electron chi connectivity index (χ0n) is 18.4. The minimum absolute atomic E-state index is 0.0852. The quantitative estimate of drug-likeness (QED) is 0.546. The fourth-order valence-electron chi connectivity index (χ4n) is 4.00. The first kappa shape index (κ1) is 22.7. The molecule has 33 heavy (non-hydrogen) atoms. The highest BCUT2D eigenvalue weighted by molar-refractivity contribution is 6.30. The number of anilines is 3. The molecule has 1 aliphatic rings. The topological polar surface area (TPSA) is 72.9 Å². The SMILES string of the molecule is Cc1ccc(CC(=O)Nc2ccc(N3CCN(c4cccc(Cl)c4)CC3)cc2C(=O)O)cc1. The highest BCUT2D eigenvalue weighted by Crippen LogP contribution is 2.27. The van der Waals surface area contributed by atoms with E-state index in [4.69, 9.17) is 11.6 Å². The Hall–Kier alpha value is -3.51. The number of hydrogen-bond acceptors (Lipinski definition) is 4. The van der Waals surface area contributed by atoms with Crippen molar-refractivity contribution in [3.63, 3.8) is 0 Å². The Bertz CT molecular complexity index is 1160. The van der Waals surface area contributed by atoms with Gasteiger partial charge in [0.05, 0.1) is 17.7 Å². The van der Waals surface area contributed by atoms with Crippen LogP contribution >= 0.6 is 11.6 Å². The molecule has 1 heterocycles. The van der Waals surface area contributed by atoms with Crippen LogP contribution in [0, 0.1) is 6.92 Å². The molecule has 1 fully saturated rings. The molecule has 0 spiro atoms. The molecule has 0 unspecified atom stereocenters. The summed E-state index contributed by atoms with van der Waals surface area (Å²) in [7, 11) is 0. The van der Waals surface area contributed by atoms with E-state index >= 15 is 0 Å². The number of aromatic carboxylic acids is 1. The number of carbonyl (C=O) groups excluding carboxylic acids is 1. The number of nitrogens with one attached hydrogen (secondary N) is 1. The summed E-state index contributed by atoms with van der Waals surface area (Å²) in [6.07, 6.45) is 0.187. The highest BCUT2D eigenvalue weighted by atomic mass is 35.5. The van der Waals surface area contributed by atoms with E-state index in [1.54, 1.807) is 12.1 Å². The van der Waals surface area contributed by atoms with Gasteiger partial charge in [0.25, 0.3) is 0 Å². The summed E-state index contributed by atoms with van der Waals surface area (Å²) in [4.78, 5) is 28.8. The molecule has 3 aromatic rings. The fourth-order valence-corrected chi connectivity index (χ4v) is 4.18. The number of piperazine rings is 1. The van der Waals surface area contributed by atoms with Crippen molar-refractivity contribution in [2.24, 2.45) is 0 Å². The molecule has 0 radical (unpaired) electrons. The van der Waals surface area contributed by atoms with Crippen LogP contribution in [-0.2, 0) is 11.2 Å². The number of benzene rings is 3. The monoisotopic (exact) mass is 463 g/mol. The molecule has 0 aromatic heterocycles. The maximum Gasteiger partial charge on any atom is 0.337 e. The normalized spacial score (nSPS) is 13.6. The van der Waals surface area contributed by atoms with E-state index in [2.05, 4.69) is 15.1 Å². The zero-order valence-corrected chi connectivity index (χ0v) is 19.2. The molecule has 1 amide bonds. The van der Waals surface area contributed by atoms with E-state index in [1.165, 1.54) is 0 Å². The maximum absolute atomic E-state index is 12.5. The number of hydrogen-bond donors (Lipinski definition) is 2. The van der Waals surface area contributed by atoms with Crippen molar-refractivity contribution in [1.82, 2.24) is 0 Å². The predicted molar refractivity (Wildman–Crippen MR) is 133 cm³/mol. The van der Waals surface area contributed by atoms with E-state index in [0.717, 1.165) is 48.7 Å². The van der Waals surface area contributed by atoms with Gasteiger partial charge in [-0.25, -0.2) is 4.79 Å². The second-order valence-corrected chi connectivity index (χ2v) is 8.64. The van der Waals surface area contributed by atoms with E-state index in [1.807, 2.05) is 61.5 Å². The van der Waals surface area contributed by atoms with Gasteiger partial charge in [0.15, 0.2) is 0 Å². The van der Waals surface area contributed by atoms with E-state index in [0.29, 0.717) is 10.7 Å². The van der Waals surface area contributed by atoms with Crippen LogP contribution in [0.15, 0.2) is 66.7 Å². The molecule has 0 saturated carbocycles. The Morgan fingerprint density at radius 3 is 2.15 bits per heavy atom. The number of carboxylic acid groups (broad SMARTS) is 1. The third-order valence-corrected chi connectivity index (χ3v) is 6.05. The second-order valence-electron chi connectivity index (χ2n) is 8.20. The van der Waals surface area contributed by atoms with E-state index in [-0.39, 0.29) is 17.9 Å². The van der Waals surface area contributed by atoms with E-state index < -0.39 is 5.97 Å². The Labute approximate surface area is 198 Å². The van der Waals surface area contributed by atoms with Crippen LogP contribution in [0.4, 0.5) is 17.1 Å². The number of aryl methyl sites for hydroxylation is 1. The van der Waals surface area contributed by atoms with Gasteiger partial charge in [0.2, 0.25) is 5.91 Å². The van der Waals surface area contributed by atoms with Gasteiger partial charge in [-0.15, -0.1) is 0 Å². The number of amides is 1. The van der Waals surface area contributed by atoms with E-state index in [9.17, 15) is 14.7 Å². The van der Waals surface area contributed by atoms with Crippen molar-refractivity contribution >= 4 is 40.5 Å². The summed E-state index contributed by atoms with van der Waals surface area (Å²) >= 11 is 6.12. The van der Waals surface area contributed by atoms with Crippen molar-refractivity contribution in [2.75, 3.05) is 41.3 Å². The lowest BCUT2D eigenvalue weighted by molar-refractivity contribution is -0.115. The summed E-state index contributed by atoms with van der Waals surface area (Å²) in [5.41, 5.74) is 4.30. The smallest absolute Gasteiger partial charge is 0.337 e. The molecule has 2 N–H and O–H groups in total. The zero-order chi connectivity index (χ0) is 23.4. The van der Waals surface area contributed by atoms with Crippen molar-refractivity contribution in [3.05, 3.63) is 88.4 Å². The van der Waals surface area contributed by atoms with Crippen LogP contribution in [-0.4, -0.2) is 43.2 Å². The highest BCUT2D eigenvalue weighted by Gasteiger charge is 2.20. The second kappa shape index (κ2) is 9.96. The van der Waals surface area contributed by atoms with Crippen LogP contribution in [0.1, 0.15) is 21.5 Å². The van der Waals surface area contributed by atoms with Gasteiger partial charge in [-0.05, 0) is 48.9 Å². The van der Waals surface area contributed by atoms with Crippen molar-refractivity contribution < 1.29 is 14.7 Å². The van der Waals surface area contributed by atoms with Gasteiger partial charge >= 0.3 is 5.97 Å². The van der Waals surface area contributed by atoms with Crippen LogP contribution in [0.3, 0.4) is 0 Å². The summed E-state index contributed by atoms with van der Waals surface area (Å²) < 4.78 is 0. The summed E-state index contributed by atoms with van der Waals surface area (Å²) in [5.74, 6) is -1.32. The Balaban J connectivity index is 1.43. The minimum Gasteiger partial charge on any atom is -0.478 e. The maximum atomic E-state index is 12.5. The number of carbonyl (C=O) groups is 2. The molecular formula is C26H26ClN3O3. The molecule has 6 nitrogen and oxygen atoms in total. The first-order valence-corrected chi connectivity index (χ1v) is 11.2. The third kappa shape index (κ3) is 5.65. The standard InChI is InChI=1S/C26H26ClN3O3/c1-18-5-7-19(8-6-18)15-25(31)28-24-10-9-22(17-23(24)26(32)33)30-13-11-29(12-14-30)21-4-2-3-20(27)16-21/h2-10,16-17H,11-15H2,1H3,(H,28,31)(H,32,33). The van der Waals surface area contributed by atoms with Crippen LogP contribution in [0.2, 0.25) is 5.02 Å². The summed E-state index contributed by atoms with van der Waals surface area (Å²) in [5, 5.41) is 13.2. The average Bonchev–Trinajstić information content (AvgIpc) is 2.81. The largest absolute Gasteiger partial charge is 0.478 e. The average molecular weight is 464 g/mol. The van der Waals surface area contributed by atoms with Gasteiger partial charge in [0, 0.05) is 42.6 Å². The van der Waals surface area contributed by atoms with Crippen molar-refractivity contribution in [3.8, 4) is 0 Å². The lowest BCUT2D eigenvalue weighted by Crippen LogP contribution is -2.46. The Kier molecular flexibility index (Phi) is 6.84. The first-order valence-electron chi connectivity index (χ1n) is 10.9. The molecule has 0 aliphatic carbocycles. The molecule has 1 saturated heterocycles. The Morgan fingerprint density at radius 1 is 0.909 bits per heavy atom. The van der Waals surface area contributed by atoms with Gasteiger partial charge in [0.1, 0.15) is 0 Å². The van der Waals surface area contributed by atoms with Crippen molar-refractivity contribution in [2.45, 2.75) is 13.3 Å². The molecule has 0 bridgehead atoms. The fraction of sp³-hybridized carbons (Fsp3) is 0.231. The summed E-state index contributed by atoms with van der Waals surface area (Å²) in [6.45, 7) is 5.10. The van der Waals surface area contributed by atoms with Crippen molar-refractivity contribution in [1.29, 1.82) is 0 Å². The summed E-state index contributed by atoms with van der Waals surface area (Å²) in [6, 6.07) is 20.7. The number of halogens is 1. The predicted octanol–water partition coefficient (Wildman–Crippen LogP) is 4.85. The van der Waals surface area contributed by atoms with Crippen LogP contribution in [0.25, 0.3) is 0 Å². The number of nitrogens with zero attached hydrogens (tertiary/aromatic N) is 2. The lowest BCUT2D eigenvalue weighted by atomic mass is 10.1. The van der Waals surface area contributed by atoms with Gasteiger partial charge in [-0.1, -0.05) is 47.5 Å². The lowest BCUT2D eigenvalue weighted by Gasteiger charge is -2.37. The molecule has 0 atom stereocenters. The molecular weight excluding hydrogens is 438 g/mol. The van der Waals surface area contributed by atoms with Gasteiger partial charge < -0.3 is 20.2 Å². The minimum atomic E-state index is -1.07. The molecule has 1 aliphatic heterocycles. The number of carboxylic acids is 1. The van der Waals surface area contributed by atoms with Crippen LogP contribution in [0.5, 0.6) is 0 Å². The van der Waals surface area contributed by atoms with Gasteiger partial charge in [-0.2, -0.15) is 0 Å². The molecule has 3 aromatic carbocycles. The third-order valence-electron chi connectivity index (χ3n) is 5.81. The molecule has 170 valence electrons. The molecule has 7 heteroatoms. The first-order chi connectivity index (χ1) is 15.9. The van der Waals surface area contributed by atoms with Crippen LogP contribution < -0.4 is 15.1 Å². The Morgan fingerprint density at radius 2 is 1.55 bits per heavy atom.